The summed E-state index contributed by atoms with van der Waals surface area (Å²) in [6.07, 6.45) is 6.72. The topological polar surface area (TPSA) is 24.9 Å². The van der Waals surface area contributed by atoms with E-state index in [4.69, 9.17) is 23.2 Å². The lowest BCUT2D eigenvalue weighted by Crippen LogP contribution is -2.28. The van der Waals surface area contributed by atoms with Gasteiger partial charge in [-0.15, -0.1) is 11.6 Å². The van der Waals surface area contributed by atoms with Gasteiger partial charge < -0.3 is 5.32 Å². The molecule has 16 heavy (non-hydrogen) atoms. The van der Waals surface area contributed by atoms with Crippen LogP contribution < -0.4 is 5.32 Å². The third-order valence-electron chi connectivity index (χ3n) is 3.34. The van der Waals surface area contributed by atoms with Crippen LogP contribution in [0, 0.1) is 5.41 Å². The predicted octanol–water partition coefficient (Wildman–Crippen LogP) is 3.95. The number of rotatable bonds is 4. The number of alkyl halides is 1. The number of hydrogen-bond acceptors (Lipinski definition) is 2. The molecule has 0 aliphatic heterocycles. The quantitative estimate of drug-likeness (QED) is 0.828. The number of hydrogen-bond donors (Lipinski definition) is 1. The van der Waals surface area contributed by atoms with Gasteiger partial charge in [0.2, 0.25) is 0 Å². The Kier molecular flexibility index (Phi) is 3.93. The first-order chi connectivity index (χ1) is 7.76. The SMILES string of the molecule is ClCC1(CNc2ncccc2Cl)CCCC1. The molecule has 0 atom stereocenters. The summed E-state index contributed by atoms with van der Waals surface area (Å²) in [6, 6.07) is 3.68. The molecule has 0 saturated heterocycles. The van der Waals surface area contributed by atoms with E-state index >= 15 is 0 Å². The molecule has 0 radical (unpaired) electrons. The fraction of sp³-hybridized carbons (Fsp3) is 0.583. The molecule has 1 aliphatic carbocycles. The van der Waals surface area contributed by atoms with E-state index in [2.05, 4.69) is 10.3 Å². The van der Waals surface area contributed by atoms with Crippen molar-refractivity contribution in [2.24, 2.45) is 5.41 Å². The number of nitrogens with one attached hydrogen (secondary N) is 1. The van der Waals surface area contributed by atoms with Gasteiger partial charge >= 0.3 is 0 Å². The summed E-state index contributed by atoms with van der Waals surface area (Å²) in [5.41, 5.74) is 0.238. The van der Waals surface area contributed by atoms with Crippen molar-refractivity contribution < 1.29 is 0 Å². The maximum atomic E-state index is 6.08. The molecule has 1 aromatic heterocycles. The molecule has 1 N–H and O–H groups in total. The smallest absolute Gasteiger partial charge is 0.144 e. The molecule has 1 saturated carbocycles. The molecule has 1 aromatic rings. The molecule has 88 valence electrons. The Hall–Kier alpha value is -0.470. The second kappa shape index (κ2) is 5.24. The van der Waals surface area contributed by atoms with Gasteiger partial charge in [0.15, 0.2) is 0 Å². The molecule has 2 rings (SSSR count). The van der Waals surface area contributed by atoms with Crippen molar-refractivity contribution in [2.45, 2.75) is 25.7 Å². The van der Waals surface area contributed by atoms with Crippen molar-refractivity contribution in [1.82, 2.24) is 4.98 Å². The fourth-order valence-electron chi connectivity index (χ4n) is 2.27. The van der Waals surface area contributed by atoms with E-state index in [1.165, 1.54) is 25.7 Å². The summed E-state index contributed by atoms with van der Waals surface area (Å²) in [7, 11) is 0. The average Bonchev–Trinajstić information content (AvgIpc) is 2.78. The van der Waals surface area contributed by atoms with Crippen LogP contribution in [0.1, 0.15) is 25.7 Å². The van der Waals surface area contributed by atoms with Gasteiger partial charge in [-0.3, -0.25) is 0 Å². The summed E-state index contributed by atoms with van der Waals surface area (Å²) in [6.45, 7) is 0.868. The second-order valence-electron chi connectivity index (χ2n) is 4.53. The van der Waals surface area contributed by atoms with Gasteiger partial charge in [0.1, 0.15) is 5.82 Å². The number of nitrogens with zero attached hydrogens (tertiary/aromatic N) is 1. The molecule has 1 heterocycles. The lowest BCUT2D eigenvalue weighted by molar-refractivity contribution is 0.368. The van der Waals surface area contributed by atoms with Crippen molar-refractivity contribution in [3.8, 4) is 0 Å². The summed E-state index contributed by atoms with van der Waals surface area (Å²) < 4.78 is 0. The zero-order valence-corrected chi connectivity index (χ0v) is 10.7. The van der Waals surface area contributed by atoms with Crippen LogP contribution >= 0.6 is 23.2 Å². The number of aromatic nitrogens is 1. The van der Waals surface area contributed by atoms with E-state index in [1.807, 2.05) is 12.1 Å². The molecule has 4 heteroatoms. The summed E-state index contributed by atoms with van der Waals surface area (Å²) in [5.74, 6) is 1.48. The van der Waals surface area contributed by atoms with E-state index in [1.54, 1.807) is 6.20 Å². The van der Waals surface area contributed by atoms with Gasteiger partial charge in [0.05, 0.1) is 5.02 Å². The third kappa shape index (κ3) is 2.61. The summed E-state index contributed by atoms with van der Waals surface area (Å²) in [4.78, 5) is 4.22. The highest BCUT2D eigenvalue weighted by Crippen LogP contribution is 2.39. The van der Waals surface area contributed by atoms with Crippen LogP contribution in [0.4, 0.5) is 5.82 Å². The molecular weight excluding hydrogens is 243 g/mol. The Bertz CT molecular complexity index is 349. The Balaban J connectivity index is 1.98. The maximum Gasteiger partial charge on any atom is 0.144 e. The fourth-order valence-corrected chi connectivity index (χ4v) is 2.82. The first kappa shape index (κ1) is 12.0. The van der Waals surface area contributed by atoms with E-state index < -0.39 is 0 Å². The van der Waals surface area contributed by atoms with Crippen LogP contribution in [0.5, 0.6) is 0 Å². The average molecular weight is 259 g/mol. The van der Waals surface area contributed by atoms with E-state index in [0.717, 1.165) is 12.4 Å². The van der Waals surface area contributed by atoms with Crippen molar-refractivity contribution in [3.05, 3.63) is 23.4 Å². The minimum absolute atomic E-state index is 0.238. The van der Waals surface area contributed by atoms with E-state index in [-0.39, 0.29) is 5.41 Å². The number of halogens is 2. The van der Waals surface area contributed by atoms with E-state index in [9.17, 15) is 0 Å². The highest BCUT2D eigenvalue weighted by atomic mass is 35.5. The molecule has 0 spiro atoms. The van der Waals surface area contributed by atoms with Crippen LogP contribution in [0.15, 0.2) is 18.3 Å². The molecule has 1 aliphatic rings. The first-order valence-corrected chi connectivity index (χ1v) is 6.57. The third-order valence-corrected chi connectivity index (χ3v) is 4.21. The van der Waals surface area contributed by atoms with Gasteiger partial charge in [-0.05, 0) is 25.0 Å². The molecule has 0 unspecified atom stereocenters. The predicted molar refractivity (Wildman–Crippen MR) is 69.4 cm³/mol. The minimum atomic E-state index is 0.238. The van der Waals surface area contributed by atoms with Gasteiger partial charge in [-0.25, -0.2) is 4.98 Å². The van der Waals surface area contributed by atoms with Gasteiger partial charge in [-0.1, -0.05) is 24.4 Å². The highest BCUT2D eigenvalue weighted by Gasteiger charge is 2.32. The van der Waals surface area contributed by atoms with Crippen molar-refractivity contribution >= 4 is 29.0 Å². The van der Waals surface area contributed by atoms with Crippen LogP contribution in [-0.2, 0) is 0 Å². The zero-order valence-electron chi connectivity index (χ0n) is 9.18. The molecular formula is C12H16Cl2N2. The van der Waals surface area contributed by atoms with Crippen molar-refractivity contribution in [2.75, 3.05) is 17.7 Å². The standard InChI is InChI=1S/C12H16Cl2N2/c13-8-12(5-1-2-6-12)9-16-11-10(14)4-3-7-15-11/h3-4,7H,1-2,5-6,8-9H2,(H,15,16). The van der Waals surface area contributed by atoms with Crippen LogP contribution in [0.3, 0.4) is 0 Å². The highest BCUT2D eigenvalue weighted by molar-refractivity contribution is 6.32. The summed E-state index contributed by atoms with van der Waals surface area (Å²) >= 11 is 12.1. The lowest BCUT2D eigenvalue weighted by Gasteiger charge is -2.26. The molecule has 0 aromatic carbocycles. The minimum Gasteiger partial charge on any atom is -0.368 e. The van der Waals surface area contributed by atoms with Crippen LogP contribution in [-0.4, -0.2) is 17.4 Å². The maximum absolute atomic E-state index is 6.08. The van der Waals surface area contributed by atoms with Crippen molar-refractivity contribution in [3.63, 3.8) is 0 Å². The first-order valence-electron chi connectivity index (χ1n) is 5.66. The zero-order chi connectivity index (χ0) is 11.4. The summed E-state index contributed by atoms with van der Waals surface area (Å²) in [5, 5.41) is 3.99. The Morgan fingerprint density at radius 3 is 2.75 bits per heavy atom. The van der Waals surface area contributed by atoms with Crippen molar-refractivity contribution in [1.29, 1.82) is 0 Å². The van der Waals surface area contributed by atoms with Gasteiger partial charge in [0, 0.05) is 24.0 Å². The largest absolute Gasteiger partial charge is 0.368 e. The Morgan fingerprint density at radius 2 is 2.12 bits per heavy atom. The monoisotopic (exact) mass is 258 g/mol. The van der Waals surface area contributed by atoms with E-state index in [0.29, 0.717) is 10.9 Å². The molecule has 1 fully saturated rings. The Labute approximate surface area is 106 Å². The lowest BCUT2D eigenvalue weighted by atomic mass is 9.88. The van der Waals surface area contributed by atoms with Crippen LogP contribution in [0.25, 0.3) is 0 Å². The Morgan fingerprint density at radius 1 is 1.38 bits per heavy atom. The normalized spacial score (nSPS) is 18.6. The second-order valence-corrected chi connectivity index (χ2v) is 5.20. The number of anilines is 1. The van der Waals surface area contributed by atoms with Gasteiger partial charge in [-0.2, -0.15) is 0 Å². The molecule has 0 bridgehead atoms. The van der Waals surface area contributed by atoms with Crippen LogP contribution in [0.2, 0.25) is 5.02 Å². The van der Waals surface area contributed by atoms with Gasteiger partial charge in [0.25, 0.3) is 0 Å². The molecule has 0 amide bonds. The number of pyridine rings is 1. The molecule has 2 nitrogen and oxygen atoms in total.